The van der Waals surface area contributed by atoms with Crippen molar-refractivity contribution < 1.29 is 0 Å². The minimum atomic E-state index is 1.15. The lowest BCUT2D eigenvalue weighted by Crippen LogP contribution is -1.89. The zero-order valence-electron chi connectivity index (χ0n) is 17.7. The molecule has 1 heterocycles. The summed E-state index contributed by atoms with van der Waals surface area (Å²) in [6.45, 7) is 2.30. The quantitative estimate of drug-likeness (QED) is 0.225. The molecule has 0 aliphatic rings. The van der Waals surface area contributed by atoms with Crippen molar-refractivity contribution in [1.29, 1.82) is 0 Å². The predicted octanol–water partition coefficient (Wildman–Crippen LogP) is 8.67. The van der Waals surface area contributed by atoms with Crippen LogP contribution in [0.4, 0.5) is 0 Å². The summed E-state index contributed by atoms with van der Waals surface area (Å²) in [6.07, 6.45) is 29.0. The number of hydrogen-bond donors (Lipinski definition) is 0. The summed E-state index contributed by atoms with van der Waals surface area (Å²) in [4.78, 5) is 4.39. The summed E-state index contributed by atoms with van der Waals surface area (Å²) in [7, 11) is 0. The Balaban J connectivity index is 1.68. The van der Waals surface area contributed by atoms with Crippen molar-refractivity contribution in [3.05, 3.63) is 30.1 Å². The molecule has 0 unspecified atom stereocenters. The Labute approximate surface area is 164 Å². The smallest absolute Gasteiger partial charge is 0.0403 e. The molecule has 0 radical (unpaired) electrons. The molecule has 0 atom stereocenters. The monoisotopic (exact) mass is 359 g/mol. The van der Waals surface area contributed by atoms with E-state index in [2.05, 4.69) is 24.0 Å². The molecule has 0 saturated carbocycles. The van der Waals surface area contributed by atoms with Crippen LogP contribution < -0.4 is 0 Å². The molecule has 0 aromatic carbocycles. The molecule has 0 aliphatic heterocycles. The highest BCUT2D eigenvalue weighted by Crippen LogP contribution is 2.14. The second-order valence-electron chi connectivity index (χ2n) is 8.08. The van der Waals surface area contributed by atoms with Gasteiger partial charge in [-0.15, -0.1) is 0 Å². The Bertz CT molecular complexity index is 373. The second-order valence-corrected chi connectivity index (χ2v) is 8.08. The van der Waals surface area contributed by atoms with Gasteiger partial charge in [-0.2, -0.15) is 0 Å². The number of unbranched alkanes of at least 4 members (excludes halogenated alkanes) is 17. The van der Waals surface area contributed by atoms with E-state index in [0.717, 1.165) is 6.42 Å². The summed E-state index contributed by atoms with van der Waals surface area (Å²) in [5, 5.41) is 0. The van der Waals surface area contributed by atoms with E-state index in [1.807, 2.05) is 12.3 Å². The third-order valence-electron chi connectivity index (χ3n) is 5.51. The van der Waals surface area contributed by atoms with Gasteiger partial charge < -0.3 is 0 Å². The maximum absolute atomic E-state index is 4.39. The first-order valence-corrected chi connectivity index (χ1v) is 11.8. The number of hydrogen-bond acceptors (Lipinski definition) is 1. The van der Waals surface area contributed by atoms with Crippen LogP contribution in [-0.4, -0.2) is 4.98 Å². The van der Waals surface area contributed by atoms with Gasteiger partial charge in [0.05, 0.1) is 0 Å². The fourth-order valence-corrected chi connectivity index (χ4v) is 3.75. The molecule has 0 spiro atoms. The highest BCUT2D eigenvalue weighted by Gasteiger charge is 1.96. The zero-order chi connectivity index (χ0) is 18.5. The number of rotatable bonds is 19. The summed E-state index contributed by atoms with van der Waals surface area (Å²) in [6, 6.07) is 6.24. The third-order valence-corrected chi connectivity index (χ3v) is 5.51. The normalized spacial score (nSPS) is 11.1. The van der Waals surface area contributed by atoms with E-state index < -0.39 is 0 Å². The van der Waals surface area contributed by atoms with E-state index in [4.69, 9.17) is 0 Å². The highest BCUT2D eigenvalue weighted by atomic mass is 14.7. The Kier molecular flexibility index (Phi) is 16.9. The topological polar surface area (TPSA) is 12.9 Å². The summed E-state index contributed by atoms with van der Waals surface area (Å²) >= 11 is 0. The van der Waals surface area contributed by atoms with Crippen LogP contribution in [0.2, 0.25) is 0 Å². The van der Waals surface area contributed by atoms with Crippen LogP contribution in [0.25, 0.3) is 0 Å². The molecule has 0 N–H and O–H groups in total. The Hall–Kier alpha value is -0.850. The van der Waals surface area contributed by atoms with Crippen LogP contribution in [-0.2, 0) is 6.42 Å². The van der Waals surface area contributed by atoms with E-state index in [0.29, 0.717) is 0 Å². The molecule has 0 amide bonds. The van der Waals surface area contributed by atoms with E-state index >= 15 is 0 Å². The van der Waals surface area contributed by atoms with Crippen molar-refractivity contribution in [3.63, 3.8) is 0 Å². The first kappa shape index (κ1) is 23.2. The lowest BCUT2D eigenvalue weighted by molar-refractivity contribution is 0.525. The molecule has 150 valence electrons. The minimum absolute atomic E-state index is 1.15. The Morgan fingerprint density at radius 2 is 0.962 bits per heavy atom. The highest BCUT2D eigenvalue weighted by molar-refractivity contribution is 5.03. The lowest BCUT2D eigenvalue weighted by Gasteiger charge is -2.04. The van der Waals surface area contributed by atoms with Crippen molar-refractivity contribution in [1.82, 2.24) is 4.98 Å². The van der Waals surface area contributed by atoms with Crippen molar-refractivity contribution in [2.24, 2.45) is 0 Å². The molecule has 0 aliphatic carbocycles. The van der Waals surface area contributed by atoms with Gasteiger partial charge in [0, 0.05) is 11.9 Å². The largest absolute Gasteiger partial charge is 0.261 e. The van der Waals surface area contributed by atoms with Gasteiger partial charge in [-0.25, -0.2) is 0 Å². The van der Waals surface area contributed by atoms with Crippen LogP contribution in [0.1, 0.15) is 128 Å². The number of aryl methyl sites for hydroxylation is 1. The molecule has 1 aromatic heterocycles. The molecule has 1 rings (SSSR count). The van der Waals surface area contributed by atoms with Gasteiger partial charge in [0.1, 0.15) is 0 Å². The van der Waals surface area contributed by atoms with E-state index in [-0.39, 0.29) is 0 Å². The van der Waals surface area contributed by atoms with Gasteiger partial charge in [0.25, 0.3) is 0 Å². The zero-order valence-corrected chi connectivity index (χ0v) is 17.7. The maximum Gasteiger partial charge on any atom is 0.0403 e. The third kappa shape index (κ3) is 15.4. The van der Waals surface area contributed by atoms with Gasteiger partial charge in [-0.05, 0) is 25.0 Å². The van der Waals surface area contributed by atoms with Crippen LogP contribution >= 0.6 is 0 Å². The fraction of sp³-hybridized carbons (Fsp3) is 0.800. The van der Waals surface area contributed by atoms with Crippen molar-refractivity contribution >= 4 is 0 Å². The van der Waals surface area contributed by atoms with Crippen LogP contribution in [0.5, 0.6) is 0 Å². The average Bonchev–Trinajstić information content (AvgIpc) is 2.68. The Morgan fingerprint density at radius 1 is 0.538 bits per heavy atom. The molecule has 1 heteroatoms. The number of nitrogens with zero attached hydrogens (tertiary/aromatic N) is 1. The molecule has 26 heavy (non-hydrogen) atoms. The van der Waals surface area contributed by atoms with Gasteiger partial charge in [0.2, 0.25) is 0 Å². The summed E-state index contributed by atoms with van der Waals surface area (Å²) in [5.74, 6) is 0. The van der Waals surface area contributed by atoms with E-state index in [1.54, 1.807) is 0 Å². The fourth-order valence-electron chi connectivity index (χ4n) is 3.75. The number of pyridine rings is 1. The first-order valence-electron chi connectivity index (χ1n) is 11.8. The molecule has 0 fully saturated rings. The molecule has 1 aromatic rings. The number of aromatic nitrogens is 1. The van der Waals surface area contributed by atoms with Crippen molar-refractivity contribution in [2.75, 3.05) is 0 Å². The Morgan fingerprint density at radius 3 is 1.35 bits per heavy atom. The summed E-state index contributed by atoms with van der Waals surface area (Å²) in [5.41, 5.74) is 1.25. The second kappa shape index (κ2) is 18.9. The van der Waals surface area contributed by atoms with Crippen molar-refractivity contribution in [3.8, 4) is 0 Å². The standard InChI is InChI=1S/C25H45N/c1-2-3-4-5-6-7-8-9-10-11-12-13-14-15-16-17-18-19-22-25-23-20-21-24-26-25/h20-21,23-24H,2-19,22H2,1H3. The molecular weight excluding hydrogens is 314 g/mol. The van der Waals surface area contributed by atoms with Crippen LogP contribution in [0, 0.1) is 0 Å². The average molecular weight is 360 g/mol. The van der Waals surface area contributed by atoms with Gasteiger partial charge in [-0.3, -0.25) is 4.98 Å². The molecule has 1 nitrogen and oxygen atoms in total. The maximum atomic E-state index is 4.39. The minimum Gasteiger partial charge on any atom is -0.261 e. The molecule has 0 saturated heterocycles. The molecular formula is C25H45N. The lowest BCUT2D eigenvalue weighted by atomic mass is 10.0. The van der Waals surface area contributed by atoms with Gasteiger partial charge >= 0.3 is 0 Å². The van der Waals surface area contributed by atoms with Crippen molar-refractivity contribution in [2.45, 2.75) is 129 Å². The summed E-state index contributed by atoms with van der Waals surface area (Å²) < 4.78 is 0. The predicted molar refractivity (Wildman–Crippen MR) is 117 cm³/mol. The van der Waals surface area contributed by atoms with Gasteiger partial charge in [0.15, 0.2) is 0 Å². The first-order chi connectivity index (χ1) is 12.9. The molecule has 0 bridgehead atoms. The van der Waals surface area contributed by atoms with E-state index in [9.17, 15) is 0 Å². The van der Waals surface area contributed by atoms with Crippen LogP contribution in [0.15, 0.2) is 24.4 Å². The van der Waals surface area contributed by atoms with Crippen LogP contribution in [0.3, 0.4) is 0 Å². The van der Waals surface area contributed by atoms with E-state index in [1.165, 1.54) is 121 Å². The van der Waals surface area contributed by atoms with Gasteiger partial charge in [-0.1, -0.05) is 122 Å². The SMILES string of the molecule is CCCCCCCCCCCCCCCCCCCCc1ccccn1.